The normalized spacial score (nSPS) is 11.7. The molecule has 2 aromatic carbocycles. The molecule has 0 radical (unpaired) electrons. The van der Waals surface area contributed by atoms with E-state index >= 15 is 0 Å². The van der Waals surface area contributed by atoms with Crippen molar-refractivity contribution in [2.24, 2.45) is 5.73 Å². The number of nitrogens with two attached hydrogens (primary N) is 1. The molecule has 0 atom stereocenters. The number of rotatable bonds is 4. The maximum atomic E-state index is 12.8. The van der Waals surface area contributed by atoms with Crippen molar-refractivity contribution in [1.29, 1.82) is 0 Å². The molecule has 6 heteroatoms. The van der Waals surface area contributed by atoms with E-state index in [-0.39, 0.29) is 12.1 Å². The monoisotopic (exact) mass is 331 g/mol. The van der Waals surface area contributed by atoms with Gasteiger partial charge in [0.1, 0.15) is 0 Å². The lowest BCUT2D eigenvalue weighted by atomic mass is 10.1. The molecule has 0 saturated heterocycles. The molecule has 21 heavy (non-hydrogen) atoms. The van der Waals surface area contributed by atoms with E-state index in [0.29, 0.717) is 10.8 Å². The molecule has 0 aliphatic rings. The van der Waals surface area contributed by atoms with Crippen LogP contribution in [0.1, 0.15) is 16.7 Å². The highest BCUT2D eigenvalue weighted by Crippen LogP contribution is 2.34. The second kappa shape index (κ2) is 6.73. The minimum Gasteiger partial charge on any atom is -0.326 e. The molecule has 2 rings (SSSR count). The summed E-state index contributed by atoms with van der Waals surface area (Å²) in [4.78, 5) is 0.762. The summed E-state index contributed by atoms with van der Waals surface area (Å²) in [7, 11) is 0. The first kappa shape index (κ1) is 16.2. The van der Waals surface area contributed by atoms with E-state index in [1.807, 2.05) is 12.1 Å². The van der Waals surface area contributed by atoms with E-state index in [9.17, 15) is 13.2 Å². The Balaban J connectivity index is 2.12. The lowest BCUT2D eigenvalue weighted by molar-refractivity contribution is -0.138. The number of halogens is 4. The largest absolute Gasteiger partial charge is 0.416 e. The minimum atomic E-state index is -4.37. The topological polar surface area (TPSA) is 26.0 Å². The molecule has 0 aliphatic carbocycles. The van der Waals surface area contributed by atoms with Crippen molar-refractivity contribution in [1.82, 2.24) is 0 Å². The van der Waals surface area contributed by atoms with E-state index in [2.05, 4.69) is 0 Å². The zero-order chi connectivity index (χ0) is 15.5. The molecule has 0 saturated carbocycles. The summed E-state index contributed by atoms with van der Waals surface area (Å²) in [6, 6.07) is 11.4. The molecule has 0 heterocycles. The highest BCUT2D eigenvalue weighted by molar-refractivity contribution is 7.98. The second-order valence-electron chi connectivity index (χ2n) is 4.44. The van der Waals surface area contributed by atoms with Crippen LogP contribution in [0, 0.1) is 0 Å². The fraction of sp³-hybridized carbons (Fsp3) is 0.200. The smallest absolute Gasteiger partial charge is 0.326 e. The van der Waals surface area contributed by atoms with Crippen molar-refractivity contribution in [3.63, 3.8) is 0 Å². The molecule has 0 unspecified atom stereocenters. The Morgan fingerprint density at radius 2 is 1.71 bits per heavy atom. The molecular weight excluding hydrogens is 319 g/mol. The molecule has 0 fully saturated rings. The van der Waals surface area contributed by atoms with Crippen molar-refractivity contribution in [2.75, 3.05) is 0 Å². The third kappa shape index (κ3) is 4.40. The molecule has 0 spiro atoms. The molecule has 1 nitrogen and oxygen atoms in total. The van der Waals surface area contributed by atoms with Gasteiger partial charge in [0, 0.05) is 22.2 Å². The summed E-state index contributed by atoms with van der Waals surface area (Å²) in [5.41, 5.74) is 5.92. The number of alkyl halides is 3. The van der Waals surface area contributed by atoms with Crippen molar-refractivity contribution >= 4 is 23.4 Å². The van der Waals surface area contributed by atoms with Crippen molar-refractivity contribution in [3.05, 3.63) is 64.2 Å². The molecule has 0 aliphatic heterocycles. The Labute approximate surface area is 130 Å². The third-order valence-corrected chi connectivity index (χ3v) is 4.24. The molecule has 0 aromatic heterocycles. The molecule has 2 aromatic rings. The predicted molar refractivity (Wildman–Crippen MR) is 80.3 cm³/mol. The second-order valence-corrected chi connectivity index (χ2v) is 5.92. The van der Waals surface area contributed by atoms with Gasteiger partial charge in [-0.1, -0.05) is 23.7 Å². The van der Waals surface area contributed by atoms with Gasteiger partial charge in [-0.05, 0) is 41.5 Å². The van der Waals surface area contributed by atoms with Crippen molar-refractivity contribution in [2.45, 2.75) is 23.4 Å². The van der Waals surface area contributed by atoms with E-state index in [1.54, 1.807) is 12.1 Å². The third-order valence-electron chi connectivity index (χ3n) is 2.92. The van der Waals surface area contributed by atoms with Gasteiger partial charge >= 0.3 is 6.18 Å². The van der Waals surface area contributed by atoms with E-state index in [4.69, 9.17) is 17.3 Å². The van der Waals surface area contributed by atoms with Crippen LogP contribution in [0.25, 0.3) is 0 Å². The van der Waals surface area contributed by atoms with Crippen molar-refractivity contribution in [3.8, 4) is 0 Å². The van der Waals surface area contributed by atoms with Gasteiger partial charge < -0.3 is 5.73 Å². The lowest BCUT2D eigenvalue weighted by Crippen LogP contribution is -2.11. The van der Waals surface area contributed by atoms with Crippen LogP contribution in [0.3, 0.4) is 0 Å². The quantitative estimate of drug-likeness (QED) is 0.788. The Bertz CT molecular complexity index is 611. The summed E-state index contributed by atoms with van der Waals surface area (Å²) in [6.45, 7) is -0.135. The summed E-state index contributed by atoms with van der Waals surface area (Å²) < 4.78 is 38.3. The van der Waals surface area contributed by atoms with Gasteiger partial charge in [0.2, 0.25) is 0 Å². The number of hydrogen-bond donors (Lipinski definition) is 1. The van der Waals surface area contributed by atoms with E-state index in [0.717, 1.165) is 16.5 Å². The van der Waals surface area contributed by atoms with E-state index < -0.39 is 11.7 Å². The first-order valence-corrected chi connectivity index (χ1v) is 7.54. The van der Waals surface area contributed by atoms with Crippen LogP contribution >= 0.6 is 23.4 Å². The molecule has 112 valence electrons. The van der Waals surface area contributed by atoms with E-state index in [1.165, 1.54) is 23.9 Å². The average Bonchev–Trinajstić information content (AvgIpc) is 2.45. The van der Waals surface area contributed by atoms with Crippen LogP contribution in [-0.2, 0) is 18.5 Å². The fourth-order valence-electron chi connectivity index (χ4n) is 1.85. The Kier molecular flexibility index (Phi) is 5.19. The fourth-order valence-corrected chi connectivity index (χ4v) is 2.89. The maximum absolute atomic E-state index is 12.8. The minimum absolute atomic E-state index is 0.114. The number of hydrogen-bond acceptors (Lipinski definition) is 2. The van der Waals surface area contributed by atoms with Gasteiger partial charge in [-0.15, -0.1) is 11.8 Å². The van der Waals surface area contributed by atoms with Gasteiger partial charge in [-0.25, -0.2) is 0 Å². The molecular formula is C15H13ClF3NS. The van der Waals surface area contributed by atoms with Crippen LogP contribution in [0.2, 0.25) is 5.02 Å². The van der Waals surface area contributed by atoms with Gasteiger partial charge in [-0.3, -0.25) is 0 Å². The molecule has 0 bridgehead atoms. The van der Waals surface area contributed by atoms with Gasteiger partial charge in [0.05, 0.1) is 5.56 Å². The van der Waals surface area contributed by atoms with Crippen LogP contribution in [-0.4, -0.2) is 0 Å². The van der Waals surface area contributed by atoms with Crippen LogP contribution < -0.4 is 5.73 Å². The molecule has 2 N–H and O–H groups in total. The standard InChI is InChI=1S/C15H13ClF3NS/c16-12-3-1-10(2-4-12)9-21-13-5-6-14(15(17,18)19)11(7-13)8-20/h1-7H,8-9,20H2. The van der Waals surface area contributed by atoms with Crippen LogP contribution in [0.4, 0.5) is 13.2 Å². The van der Waals surface area contributed by atoms with Gasteiger partial charge in [0.25, 0.3) is 0 Å². The SMILES string of the molecule is NCc1cc(SCc2ccc(Cl)cc2)ccc1C(F)(F)F. The first-order chi connectivity index (χ1) is 9.90. The summed E-state index contributed by atoms with van der Waals surface area (Å²) in [6.07, 6.45) is -4.37. The van der Waals surface area contributed by atoms with Gasteiger partial charge in [0.15, 0.2) is 0 Å². The van der Waals surface area contributed by atoms with Crippen LogP contribution in [0.5, 0.6) is 0 Å². The Morgan fingerprint density at radius 3 is 2.29 bits per heavy atom. The summed E-state index contributed by atoms with van der Waals surface area (Å²) >= 11 is 7.26. The van der Waals surface area contributed by atoms with Gasteiger partial charge in [-0.2, -0.15) is 13.2 Å². The Hall–Kier alpha value is -1.17. The zero-order valence-electron chi connectivity index (χ0n) is 11.0. The first-order valence-electron chi connectivity index (χ1n) is 6.17. The lowest BCUT2D eigenvalue weighted by Gasteiger charge is -2.13. The highest BCUT2D eigenvalue weighted by Gasteiger charge is 2.32. The molecule has 0 amide bonds. The highest BCUT2D eigenvalue weighted by atomic mass is 35.5. The van der Waals surface area contributed by atoms with Crippen LogP contribution in [0.15, 0.2) is 47.4 Å². The maximum Gasteiger partial charge on any atom is 0.416 e. The average molecular weight is 332 g/mol. The predicted octanol–water partition coefficient (Wildman–Crippen LogP) is 5.11. The number of benzene rings is 2. The Morgan fingerprint density at radius 1 is 1.05 bits per heavy atom. The summed E-state index contributed by atoms with van der Waals surface area (Å²) in [5.74, 6) is 0.659. The summed E-state index contributed by atoms with van der Waals surface area (Å²) in [5, 5.41) is 0.656. The zero-order valence-corrected chi connectivity index (χ0v) is 12.5. The van der Waals surface area contributed by atoms with Crippen molar-refractivity contribution < 1.29 is 13.2 Å². The number of thioether (sulfide) groups is 1.